The summed E-state index contributed by atoms with van der Waals surface area (Å²) in [5, 5.41) is 13.1. The van der Waals surface area contributed by atoms with Gasteiger partial charge in [0.2, 0.25) is 0 Å². The molecule has 1 amide bonds. The molecule has 0 unspecified atom stereocenters. The molecule has 0 aliphatic rings. The molecule has 6 nitrogen and oxygen atoms in total. The monoisotopic (exact) mass is 283 g/mol. The predicted octanol–water partition coefficient (Wildman–Crippen LogP) is 1.93. The average Bonchev–Trinajstić information content (AvgIpc) is 2.53. The molecule has 0 spiro atoms. The lowest BCUT2D eigenvalue weighted by molar-refractivity contribution is 0.0696. The number of rotatable bonds is 4. The number of benzene rings is 1. The molecule has 6 heteroatoms. The summed E-state index contributed by atoms with van der Waals surface area (Å²) in [6.45, 7) is 1.63. The van der Waals surface area contributed by atoms with Crippen molar-refractivity contribution in [3.8, 4) is 0 Å². The van der Waals surface area contributed by atoms with Crippen molar-refractivity contribution in [2.45, 2.75) is 6.92 Å². The lowest BCUT2D eigenvalue weighted by atomic mass is 10.0. The summed E-state index contributed by atoms with van der Waals surface area (Å²) in [4.78, 5) is 26.8. The van der Waals surface area contributed by atoms with Gasteiger partial charge in [0.05, 0.1) is 11.3 Å². The van der Waals surface area contributed by atoms with Gasteiger partial charge >= 0.3 is 5.97 Å². The maximum Gasteiger partial charge on any atom is 0.336 e. The zero-order valence-electron chi connectivity index (χ0n) is 11.3. The molecule has 106 valence electrons. The Morgan fingerprint density at radius 2 is 1.71 bits per heavy atom. The highest BCUT2D eigenvalue weighted by molar-refractivity contribution is 6.08. The van der Waals surface area contributed by atoms with Gasteiger partial charge in [-0.1, -0.05) is 18.2 Å². The summed E-state index contributed by atoms with van der Waals surface area (Å²) in [5.41, 5.74) is 3.82. The van der Waals surface area contributed by atoms with Gasteiger partial charge in [-0.3, -0.25) is 9.78 Å². The van der Waals surface area contributed by atoms with E-state index < -0.39 is 5.97 Å². The van der Waals surface area contributed by atoms with Crippen molar-refractivity contribution in [3.63, 3.8) is 0 Å². The fourth-order valence-electron chi connectivity index (χ4n) is 1.75. The molecule has 2 aromatic rings. The first kappa shape index (κ1) is 14.4. The largest absolute Gasteiger partial charge is 0.478 e. The molecule has 0 saturated heterocycles. The minimum Gasteiger partial charge on any atom is -0.478 e. The standard InChI is InChI=1S/C15H13N3O3/c1-10(12-4-2-3-5-13(12)15(20)21)17-18-14(19)11-6-8-16-9-7-11/h2-9H,1H3,(H,18,19)(H,20,21). The van der Waals surface area contributed by atoms with Crippen LogP contribution in [0.4, 0.5) is 0 Å². The third kappa shape index (κ3) is 3.50. The first-order valence-electron chi connectivity index (χ1n) is 6.17. The number of pyridine rings is 1. The van der Waals surface area contributed by atoms with E-state index >= 15 is 0 Å². The van der Waals surface area contributed by atoms with Gasteiger partial charge in [-0.2, -0.15) is 5.10 Å². The summed E-state index contributed by atoms with van der Waals surface area (Å²) in [6.07, 6.45) is 3.01. The summed E-state index contributed by atoms with van der Waals surface area (Å²) in [6, 6.07) is 9.60. The van der Waals surface area contributed by atoms with E-state index in [1.807, 2.05) is 0 Å². The van der Waals surface area contributed by atoms with E-state index in [1.165, 1.54) is 18.5 Å². The van der Waals surface area contributed by atoms with Crippen LogP contribution in [0, 0.1) is 0 Å². The van der Waals surface area contributed by atoms with Gasteiger partial charge in [0, 0.05) is 23.5 Å². The number of hydrazone groups is 1. The zero-order chi connectivity index (χ0) is 15.2. The Labute approximate surface area is 121 Å². The highest BCUT2D eigenvalue weighted by atomic mass is 16.4. The van der Waals surface area contributed by atoms with Crippen LogP contribution in [0.25, 0.3) is 0 Å². The van der Waals surface area contributed by atoms with Gasteiger partial charge in [0.1, 0.15) is 0 Å². The fraction of sp³-hybridized carbons (Fsp3) is 0.0667. The van der Waals surface area contributed by atoms with Gasteiger partial charge in [-0.25, -0.2) is 10.2 Å². The third-order valence-corrected chi connectivity index (χ3v) is 2.81. The number of hydrogen-bond acceptors (Lipinski definition) is 4. The molecule has 0 bridgehead atoms. The van der Waals surface area contributed by atoms with Crippen LogP contribution in [0.2, 0.25) is 0 Å². The van der Waals surface area contributed by atoms with Gasteiger partial charge in [-0.15, -0.1) is 0 Å². The van der Waals surface area contributed by atoms with Crippen LogP contribution in [-0.2, 0) is 0 Å². The van der Waals surface area contributed by atoms with Crippen molar-refractivity contribution in [3.05, 3.63) is 65.5 Å². The highest BCUT2D eigenvalue weighted by Gasteiger charge is 2.11. The number of hydrogen-bond donors (Lipinski definition) is 2. The SMILES string of the molecule is CC(=NNC(=O)c1ccncc1)c1ccccc1C(=O)O. The zero-order valence-corrected chi connectivity index (χ0v) is 11.3. The Morgan fingerprint density at radius 3 is 2.33 bits per heavy atom. The second-order valence-corrected chi connectivity index (χ2v) is 4.22. The Kier molecular flexibility index (Phi) is 4.40. The number of carboxylic acid groups (broad SMARTS) is 1. The normalized spacial score (nSPS) is 11.0. The lowest BCUT2D eigenvalue weighted by Gasteiger charge is -2.06. The van der Waals surface area contributed by atoms with E-state index in [-0.39, 0.29) is 11.5 Å². The summed E-state index contributed by atoms with van der Waals surface area (Å²) >= 11 is 0. The number of carbonyl (C=O) groups is 2. The molecule has 1 heterocycles. The second kappa shape index (κ2) is 6.42. The molecule has 2 N–H and O–H groups in total. The van der Waals surface area contributed by atoms with Gasteiger partial charge in [-0.05, 0) is 25.1 Å². The molecule has 0 atom stereocenters. The Balaban J connectivity index is 2.19. The maximum absolute atomic E-state index is 11.8. The van der Waals surface area contributed by atoms with Crippen molar-refractivity contribution in [2.75, 3.05) is 0 Å². The predicted molar refractivity (Wildman–Crippen MR) is 77.3 cm³/mol. The van der Waals surface area contributed by atoms with E-state index in [0.29, 0.717) is 16.8 Å². The summed E-state index contributed by atoms with van der Waals surface area (Å²) in [5.74, 6) is -1.43. The lowest BCUT2D eigenvalue weighted by Crippen LogP contribution is -2.20. The van der Waals surface area contributed by atoms with Crippen molar-refractivity contribution in [1.82, 2.24) is 10.4 Å². The molecular formula is C15H13N3O3. The van der Waals surface area contributed by atoms with Gasteiger partial charge in [0.15, 0.2) is 0 Å². The fourth-order valence-corrected chi connectivity index (χ4v) is 1.75. The molecule has 1 aromatic carbocycles. The van der Waals surface area contributed by atoms with E-state index in [0.717, 1.165) is 0 Å². The molecule has 0 saturated carbocycles. The van der Waals surface area contributed by atoms with Crippen molar-refractivity contribution in [2.24, 2.45) is 5.10 Å². The molecule has 0 aliphatic carbocycles. The molecule has 0 radical (unpaired) electrons. The topological polar surface area (TPSA) is 91.7 Å². The molecule has 1 aromatic heterocycles. The number of nitrogens with one attached hydrogen (secondary N) is 1. The second-order valence-electron chi connectivity index (χ2n) is 4.22. The Bertz CT molecular complexity index is 696. The van der Waals surface area contributed by atoms with E-state index in [4.69, 9.17) is 5.11 Å². The number of aromatic nitrogens is 1. The minimum atomic E-state index is -1.04. The van der Waals surface area contributed by atoms with Crippen LogP contribution in [-0.4, -0.2) is 27.7 Å². The van der Waals surface area contributed by atoms with E-state index in [1.54, 1.807) is 37.3 Å². The smallest absolute Gasteiger partial charge is 0.336 e. The molecular weight excluding hydrogens is 270 g/mol. The number of carbonyl (C=O) groups excluding carboxylic acids is 1. The highest BCUT2D eigenvalue weighted by Crippen LogP contribution is 2.10. The Hall–Kier alpha value is -3.02. The quantitative estimate of drug-likeness (QED) is 0.662. The maximum atomic E-state index is 11.8. The van der Waals surface area contributed by atoms with Crippen molar-refractivity contribution in [1.29, 1.82) is 0 Å². The van der Waals surface area contributed by atoms with Gasteiger partial charge < -0.3 is 5.11 Å². The van der Waals surface area contributed by atoms with Crippen molar-refractivity contribution >= 4 is 17.6 Å². The van der Waals surface area contributed by atoms with Crippen LogP contribution >= 0.6 is 0 Å². The molecule has 21 heavy (non-hydrogen) atoms. The van der Waals surface area contributed by atoms with Gasteiger partial charge in [0.25, 0.3) is 5.91 Å². The molecule has 0 aliphatic heterocycles. The van der Waals surface area contributed by atoms with E-state index in [9.17, 15) is 9.59 Å². The molecule has 2 rings (SSSR count). The first-order valence-corrected chi connectivity index (χ1v) is 6.17. The van der Waals surface area contributed by atoms with Crippen LogP contribution in [0.1, 0.15) is 33.2 Å². The van der Waals surface area contributed by atoms with Crippen LogP contribution in [0.3, 0.4) is 0 Å². The first-order chi connectivity index (χ1) is 10.1. The third-order valence-electron chi connectivity index (χ3n) is 2.81. The number of nitrogens with zero attached hydrogens (tertiary/aromatic N) is 2. The molecule has 0 fully saturated rings. The number of amides is 1. The minimum absolute atomic E-state index is 0.136. The number of carboxylic acids is 1. The average molecular weight is 283 g/mol. The van der Waals surface area contributed by atoms with Crippen LogP contribution < -0.4 is 5.43 Å². The summed E-state index contributed by atoms with van der Waals surface area (Å²) < 4.78 is 0. The van der Waals surface area contributed by atoms with Crippen molar-refractivity contribution < 1.29 is 14.7 Å². The van der Waals surface area contributed by atoms with Crippen LogP contribution in [0.5, 0.6) is 0 Å². The van der Waals surface area contributed by atoms with E-state index in [2.05, 4.69) is 15.5 Å². The number of aromatic carboxylic acids is 1. The summed E-state index contributed by atoms with van der Waals surface area (Å²) in [7, 11) is 0. The Morgan fingerprint density at radius 1 is 1.10 bits per heavy atom. The van der Waals surface area contributed by atoms with Crippen LogP contribution in [0.15, 0.2) is 53.9 Å².